The molecule has 0 saturated carbocycles. The number of sulfonamides is 1. The van der Waals surface area contributed by atoms with Gasteiger partial charge in [0.25, 0.3) is 10.0 Å². The lowest BCUT2D eigenvalue weighted by Crippen LogP contribution is -2.55. The predicted octanol–water partition coefficient (Wildman–Crippen LogP) is 6.99. The Labute approximate surface area is 272 Å². The van der Waals surface area contributed by atoms with Gasteiger partial charge < -0.3 is 15.0 Å². The van der Waals surface area contributed by atoms with Crippen LogP contribution < -0.4 is 14.4 Å². The highest BCUT2D eigenvalue weighted by Crippen LogP contribution is 2.31. The van der Waals surface area contributed by atoms with E-state index in [-0.39, 0.29) is 23.8 Å². The summed E-state index contributed by atoms with van der Waals surface area (Å²) in [5, 5.41) is 3.69. The molecule has 3 rings (SSSR count). The number of nitrogens with one attached hydrogen (secondary N) is 1. The van der Waals surface area contributed by atoms with Crippen LogP contribution in [0.15, 0.2) is 70.0 Å². The normalized spacial score (nSPS) is 12.4. The first-order chi connectivity index (χ1) is 20.1. The summed E-state index contributed by atoms with van der Waals surface area (Å²) < 4.78 is 35.0. The third-order valence-corrected chi connectivity index (χ3v) is 9.53. The number of aryl methyl sites for hydroxylation is 1. The maximum absolute atomic E-state index is 14.2. The number of hydrogen-bond donors (Lipinski definition) is 1. The van der Waals surface area contributed by atoms with Crippen LogP contribution >= 0.6 is 39.1 Å². The van der Waals surface area contributed by atoms with E-state index in [2.05, 4.69) is 21.2 Å². The van der Waals surface area contributed by atoms with Crippen molar-refractivity contribution in [2.45, 2.75) is 64.1 Å². The molecule has 0 fully saturated rings. The van der Waals surface area contributed by atoms with Crippen LogP contribution in [0.4, 0.5) is 5.69 Å². The Balaban J connectivity index is 2.12. The van der Waals surface area contributed by atoms with Crippen LogP contribution in [0.2, 0.25) is 10.0 Å². The zero-order valence-electron chi connectivity index (χ0n) is 24.9. The number of amides is 2. The largest absolute Gasteiger partial charge is 0.496 e. The molecule has 1 atom stereocenters. The molecule has 0 aliphatic carbocycles. The van der Waals surface area contributed by atoms with Gasteiger partial charge in [-0.1, -0.05) is 53.9 Å². The molecule has 0 saturated heterocycles. The smallest absolute Gasteiger partial charge is 0.264 e. The van der Waals surface area contributed by atoms with Gasteiger partial charge in [-0.3, -0.25) is 13.9 Å². The van der Waals surface area contributed by atoms with Gasteiger partial charge in [-0.15, -0.1) is 0 Å². The number of carbonyl (C=O) groups is 2. The van der Waals surface area contributed by atoms with Crippen molar-refractivity contribution in [3.05, 3.63) is 86.3 Å². The molecule has 3 aromatic rings. The maximum atomic E-state index is 14.2. The Kier molecular flexibility index (Phi) is 11.6. The Morgan fingerprint density at radius 2 is 1.67 bits per heavy atom. The minimum Gasteiger partial charge on any atom is -0.496 e. The fourth-order valence-corrected chi connectivity index (χ4v) is 6.98. The number of halogens is 3. The van der Waals surface area contributed by atoms with Gasteiger partial charge in [0.2, 0.25) is 11.8 Å². The first kappa shape index (κ1) is 34.7. The predicted molar refractivity (Wildman–Crippen MR) is 175 cm³/mol. The molecule has 12 heteroatoms. The Morgan fingerprint density at radius 3 is 2.21 bits per heavy atom. The molecule has 0 aromatic heterocycles. The molecular weight excluding hydrogens is 677 g/mol. The first-order valence-corrected chi connectivity index (χ1v) is 16.5. The summed E-state index contributed by atoms with van der Waals surface area (Å²) in [5.41, 5.74) is 1.22. The van der Waals surface area contributed by atoms with Crippen molar-refractivity contribution in [2.24, 2.45) is 0 Å². The molecule has 1 unspecified atom stereocenters. The van der Waals surface area contributed by atoms with Crippen molar-refractivity contribution in [2.75, 3.05) is 18.0 Å². The van der Waals surface area contributed by atoms with Crippen molar-refractivity contribution in [3.8, 4) is 5.75 Å². The van der Waals surface area contributed by atoms with E-state index < -0.39 is 34.1 Å². The van der Waals surface area contributed by atoms with Gasteiger partial charge in [-0.25, -0.2) is 8.42 Å². The van der Waals surface area contributed by atoms with Crippen LogP contribution in [-0.4, -0.2) is 50.4 Å². The molecule has 0 bridgehead atoms. The molecule has 1 N–H and O–H groups in total. The van der Waals surface area contributed by atoms with Gasteiger partial charge in [0.05, 0.1) is 22.2 Å². The van der Waals surface area contributed by atoms with Crippen molar-refractivity contribution < 1.29 is 22.7 Å². The molecule has 0 aliphatic rings. The Bertz CT molecular complexity index is 1580. The van der Waals surface area contributed by atoms with E-state index in [9.17, 15) is 18.0 Å². The molecular formula is C31H36BrCl2N3O5S. The number of methoxy groups -OCH3 is 1. The highest BCUT2D eigenvalue weighted by Gasteiger charge is 2.35. The summed E-state index contributed by atoms with van der Waals surface area (Å²) in [6, 6.07) is 15.2. The molecule has 0 spiro atoms. The number of benzene rings is 3. The lowest BCUT2D eigenvalue weighted by molar-refractivity contribution is -0.141. The van der Waals surface area contributed by atoms with Gasteiger partial charge in [-0.2, -0.15) is 0 Å². The van der Waals surface area contributed by atoms with Crippen LogP contribution in [-0.2, 0) is 26.2 Å². The standard InChI is InChI=1S/C31H36BrCl2N3O5S/c1-7-27(30(39)35-31(3,4)5)36(18-21-10-11-22(33)16-26(21)34)29(38)19-37(23-12-8-20(2)9-13-23)43(40,41)24-14-15-28(42-6)25(32)17-24/h8-17,27H,7,18-19H2,1-6H3,(H,35,39). The molecule has 0 heterocycles. The van der Waals surface area contributed by atoms with E-state index in [4.69, 9.17) is 27.9 Å². The molecule has 0 radical (unpaired) electrons. The van der Waals surface area contributed by atoms with Gasteiger partial charge in [-0.05, 0) is 98.1 Å². The van der Waals surface area contributed by atoms with Crippen molar-refractivity contribution >= 4 is 66.7 Å². The van der Waals surface area contributed by atoms with Crippen LogP contribution in [0.1, 0.15) is 45.2 Å². The second kappa shape index (κ2) is 14.3. The van der Waals surface area contributed by atoms with E-state index in [0.717, 1.165) is 9.87 Å². The number of hydrogen-bond acceptors (Lipinski definition) is 5. The summed E-state index contributed by atoms with van der Waals surface area (Å²) >= 11 is 15.9. The first-order valence-electron chi connectivity index (χ1n) is 13.6. The molecule has 0 aliphatic heterocycles. The van der Waals surface area contributed by atoms with Crippen LogP contribution in [0.3, 0.4) is 0 Å². The second-order valence-corrected chi connectivity index (χ2v) is 14.6. The number of ether oxygens (including phenoxy) is 1. The molecule has 43 heavy (non-hydrogen) atoms. The number of nitrogens with zero attached hydrogens (tertiary/aromatic N) is 2. The van der Waals surface area contributed by atoms with Crippen LogP contribution in [0.25, 0.3) is 0 Å². The summed E-state index contributed by atoms with van der Waals surface area (Å²) in [7, 11) is -2.78. The van der Waals surface area contributed by atoms with Crippen LogP contribution in [0.5, 0.6) is 5.75 Å². The minimum absolute atomic E-state index is 0.0409. The number of rotatable bonds is 11. The number of carbonyl (C=O) groups excluding carboxylic acids is 2. The monoisotopic (exact) mass is 711 g/mol. The Hall–Kier alpha value is -2.79. The fourth-order valence-electron chi connectivity index (χ4n) is 4.38. The molecule has 232 valence electrons. The number of anilines is 1. The highest BCUT2D eigenvalue weighted by atomic mass is 79.9. The van der Waals surface area contributed by atoms with Crippen molar-refractivity contribution in [3.63, 3.8) is 0 Å². The van der Waals surface area contributed by atoms with Gasteiger partial charge in [0.1, 0.15) is 18.3 Å². The van der Waals surface area contributed by atoms with Gasteiger partial charge in [0.15, 0.2) is 0 Å². The van der Waals surface area contributed by atoms with Crippen LogP contribution in [0, 0.1) is 6.92 Å². The highest BCUT2D eigenvalue weighted by molar-refractivity contribution is 9.10. The molecule has 3 aromatic carbocycles. The zero-order chi connectivity index (χ0) is 32.1. The zero-order valence-corrected chi connectivity index (χ0v) is 28.9. The topological polar surface area (TPSA) is 96.0 Å². The van der Waals surface area contributed by atoms with E-state index >= 15 is 0 Å². The average molecular weight is 714 g/mol. The maximum Gasteiger partial charge on any atom is 0.264 e. The molecule has 8 nitrogen and oxygen atoms in total. The third-order valence-electron chi connectivity index (χ3n) is 6.55. The summed E-state index contributed by atoms with van der Waals surface area (Å²) in [6.45, 7) is 8.60. The van der Waals surface area contributed by atoms with E-state index in [1.807, 2.05) is 27.7 Å². The Morgan fingerprint density at radius 1 is 1.02 bits per heavy atom. The van der Waals surface area contributed by atoms with Crippen molar-refractivity contribution in [1.82, 2.24) is 10.2 Å². The van der Waals surface area contributed by atoms with E-state index in [1.54, 1.807) is 49.4 Å². The van der Waals surface area contributed by atoms with Gasteiger partial charge in [0, 0.05) is 22.1 Å². The minimum atomic E-state index is -4.25. The average Bonchev–Trinajstić information content (AvgIpc) is 2.92. The molecule has 2 amide bonds. The van der Waals surface area contributed by atoms with Crippen molar-refractivity contribution in [1.29, 1.82) is 0 Å². The second-order valence-electron chi connectivity index (χ2n) is 11.1. The summed E-state index contributed by atoms with van der Waals surface area (Å²) in [6.07, 6.45) is 0.279. The third kappa shape index (κ3) is 8.88. The lowest BCUT2D eigenvalue weighted by Gasteiger charge is -2.35. The summed E-state index contributed by atoms with van der Waals surface area (Å²) in [4.78, 5) is 29.0. The van der Waals surface area contributed by atoms with Gasteiger partial charge >= 0.3 is 0 Å². The van der Waals surface area contributed by atoms with E-state index in [1.165, 1.54) is 30.2 Å². The SMILES string of the molecule is CCC(C(=O)NC(C)(C)C)N(Cc1ccc(Cl)cc1Cl)C(=O)CN(c1ccc(C)cc1)S(=O)(=O)c1ccc(OC)c(Br)c1. The lowest BCUT2D eigenvalue weighted by atomic mass is 10.1. The summed E-state index contributed by atoms with van der Waals surface area (Å²) in [5.74, 6) is -0.491. The van der Waals surface area contributed by atoms with E-state index in [0.29, 0.717) is 31.5 Å². The quantitative estimate of drug-likeness (QED) is 0.231. The fraction of sp³-hybridized carbons (Fsp3) is 0.355.